The third kappa shape index (κ3) is 4.50. The van der Waals surface area contributed by atoms with E-state index in [9.17, 15) is 0 Å². The summed E-state index contributed by atoms with van der Waals surface area (Å²) in [6, 6.07) is 67.5. The van der Waals surface area contributed by atoms with Crippen molar-refractivity contribution in [3.8, 4) is 22.3 Å². The molecule has 0 atom stereocenters. The smallest absolute Gasteiger partial charge is 0.143 e. The van der Waals surface area contributed by atoms with E-state index in [0.717, 1.165) is 55.7 Å². The summed E-state index contributed by atoms with van der Waals surface area (Å²) in [6.07, 6.45) is 0. The van der Waals surface area contributed by atoms with E-state index in [1.54, 1.807) is 0 Å². The summed E-state index contributed by atoms with van der Waals surface area (Å²) in [6.45, 7) is 0. The van der Waals surface area contributed by atoms with Gasteiger partial charge in [-0.15, -0.1) is 0 Å². The summed E-state index contributed by atoms with van der Waals surface area (Å²) < 4.78 is 6.79. The third-order valence-electron chi connectivity index (χ3n) is 10.0. The molecule has 50 heavy (non-hydrogen) atoms. The molecule has 1 aromatic heterocycles. The van der Waals surface area contributed by atoms with Crippen LogP contribution in [0.4, 0.5) is 17.1 Å². The maximum Gasteiger partial charge on any atom is 0.143 e. The molecule has 0 unspecified atom stereocenters. The fourth-order valence-electron chi connectivity index (χ4n) is 7.73. The molecule has 2 nitrogen and oxygen atoms in total. The Morgan fingerprint density at radius 1 is 0.320 bits per heavy atom. The highest BCUT2D eigenvalue weighted by Gasteiger charge is 2.24. The van der Waals surface area contributed by atoms with Crippen molar-refractivity contribution < 1.29 is 4.42 Å². The van der Waals surface area contributed by atoms with E-state index in [0.29, 0.717) is 0 Å². The van der Waals surface area contributed by atoms with E-state index in [1.165, 1.54) is 37.9 Å². The van der Waals surface area contributed by atoms with Crippen molar-refractivity contribution in [1.82, 2.24) is 0 Å². The van der Waals surface area contributed by atoms with E-state index in [1.807, 2.05) is 0 Å². The van der Waals surface area contributed by atoms with Crippen LogP contribution in [0, 0.1) is 0 Å². The molecule has 0 aliphatic rings. The monoisotopic (exact) mass is 637 g/mol. The standard InChI is InChI=1S/C48H31NO/c1-2-15-32(16-3-1)37-21-10-12-27-44(37)49(46-30-35-19-6-7-20-36(35)38-22-8-9-23-39(38)46)45-28-13-11-24-40(45)41-25-14-26-42-43-29-33-17-4-5-18-34(33)31-47(43)50-48(41)42/h1-31H. The molecule has 1 heterocycles. The molecule has 234 valence electrons. The molecule has 10 rings (SSSR count). The molecule has 0 aliphatic heterocycles. The second kappa shape index (κ2) is 11.5. The lowest BCUT2D eigenvalue weighted by molar-refractivity contribution is 0.670. The summed E-state index contributed by atoms with van der Waals surface area (Å²) in [5.74, 6) is 0. The van der Waals surface area contributed by atoms with Gasteiger partial charge in [0.1, 0.15) is 11.2 Å². The minimum atomic E-state index is 0.893. The zero-order chi connectivity index (χ0) is 33.0. The molecule has 0 aliphatic carbocycles. The lowest BCUT2D eigenvalue weighted by Crippen LogP contribution is -2.13. The van der Waals surface area contributed by atoms with Crippen molar-refractivity contribution >= 4 is 71.3 Å². The van der Waals surface area contributed by atoms with Crippen LogP contribution >= 0.6 is 0 Å². The first-order valence-electron chi connectivity index (χ1n) is 17.1. The number of nitrogens with zero attached hydrogens (tertiary/aromatic N) is 1. The Kier molecular flexibility index (Phi) is 6.53. The van der Waals surface area contributed by atoms with Crippen LogP contribution in [-0.2, 0) is 0 Å². The summed E-state index contributed by atoms with van der Waals surface area (Å²) in [5, 5.41) is 9.50. The lowest BCUT2D eigenvalue weighted by atomic mass is 9.95. The van der Waals surface area contributed by atoms with Crippen molar-refractivity contribution in [3.63, 3.8) is 0 Å². The lowest BCUT2D eigenvalue weighted by Gasteiger charge is -2.31. The molecule has 0 amide bonds. The summed E-state index contributed by atoms with van der Waals surface area (Å²) in [4.78, 5) is 2.46. The number of benzene rings is 9. The van der Waals surface area contributed by atoms with Crippen molar-refractivity contribution in [2.75, 3.05) is 4.90 Å². The van der Waals surface area contributed by atoms with E-state index < -0.39 is 0 Å². The molecule has 0 saturated heterocycles. The van der Waals surface area contributed by atoms with Crippen molar-refractivity contribution in [1.29, 1.82) is 0 Å². The summed E-state index contributed by atoms with van der Waals surface area (Å²) >= 11 is 0. The van der Waals surface area contributed by atoms with E-state index >= 15 is 0 Å². The van der Waals surface area contributed by atoms with Gasteiger partial charge in [0, 0.05) is 32.8 Å². The molecule has 0 spiro atoms. The van der Waals surface area contributed by atoms with Gasteiger partial charge in [-0.1, -0.05) is 158 Å². The van der Waals surface area contributed by atoms with Gasteiger partial charge < -0.3 is 9.32 Å². The summed E-state index contributed by atoms with van der Waals surface area (Å²) in [5.41, 5.74) is 9.59. The Morgan fingerprint density at radius 2 is 0.880 bits per heavy atom. The third-order valence-corrected chi connectivity index (χ3v) is 10.0. The second-order valence-electron chi connectivity index (χ2n) is 12.9. The molecule has 9 aromatic carbocycles. The Balaban J connectivity index is 1.29. The van der Waals surface area contributed by atoms with Gasteiger partial charge in [-0.2, -0.15) is 0 Å². The van der Waals surface area contributed by atoms with Crippen molar-refractivity contribution in [3.05, 3.63) is 188 Å². The average molecular weight is 638 g/mol. The topological polar surface area (TPSA) is 16.4 Å². The maximum atomic E-state index is 6.79. The Morgan fingerprint density at radius 3 is 1.68 bits per heavy atom. The highest BCUT2D eigenvalue weighted by atomic mass is 16.3. The quantitative estimate of drug-likeness (QED) is 0.175. The number of hydrogen-bond donors (Lipinski definition) is 0. The van der Waals surface area contributed by atoms with E-state index in [-0.39, 0.29) is 0 Å². The molecule has 2 heteroatoms. The van der Waals surface area contributed by atoms with Gasteiger partial charge in [-0.3, -0.25) is 0 Å². The van der Waals surface area contributed by atoms with Crippen LogP contribution in [0.1, 0.15) is 0 Å². The van der Waals surface area contributed by atoms with Gasteiger partial charge in [-0.25, -0.2) is 0 Å². The molecular weight excluding hydrogens is 607 g/mol. The first-order chi connectivity index (χ1) is 24.8. The van der Waals surface area contributed by atoms with Crippen molar-refractivity contribution in [2.24, 2.45) is 0 Å². The van der Waals surface area contributed by atoms with Crippen LogP contribution in [0.25, 0.3) is 76.5 Å². The van der Waals surface area contributed by atoms with Crippen molar-refractivity contribution in [2.45, 2.75) is 0 Å². The van der Waals surface area contributed by atoms with Crippen LogP contribution in [0.3, 0.4) is 0 Å². The normalized spacial score (nSPS) is 11.6. The number of hydrogen-bond acceptors (Lipinski definition) is 2. The van der Waals surface area contributed by atoms with E-state index in [4.69, 9.17) is 4.42 Å². The maximum absolute atomic E-state index is 6.79. The number of anilines is 3. The molecule has 10 aromatic rings. The van der Waals surface area contributed by atoms with Crippen LogP contribution in [0.15, 0.2) is 192 Å². The molecular formula is C48H31NO. The first-order valence-corrected chi connectivity index (χ1v) is 17.1. The fourth-order valence-corrected chi connectivity index (χ4v) is 7.73. The zero-order valence-electron chi connectivity index (χ0n) is 27.3. The molecule has 0 bridgehead atoms. The molecule has 0 radical (unpaired) electrons. The van der Waals surface area contributed by atoms with Gasteiger partial charge in [0.2, 0.25) is 0 Å². The van der Waals surface area contributed by atoms with Crippen LogP contribution in [0.5, 0.6) is 0 Å². The highest BCUT2D eigenvalue weighted by molar-refractivity contribution is 6.17. The predicted molar refractivity (Wildman–Crippen MR) is 212 cm³/mol. The van der Waals surface area contributed by atoms with Gasteiger partial charge in [0.05, 0.1) is 17.1 Å². The van der Waals surface area contributed by atoms with Crippen LogP contribution in [-0.4, -0.2) is 0 Å². The minimum Gasteiger partial charge on any atom is -0.455 e. The minimum absolute atomic E-state index is 0.893. The second-order valence-corrected chi connectivity index (χ2v) is 12.9. The average Bonchev–Trinajstić information content (AvgIpc) is 3.55. The predicted octanol–water partition coefficient (Wildman–Crippen LogP) is 13.8. The van der Waals surface area contributed by atoms with Gasteiger partial charge in [0.15, 0.2) is 0 Å². The van der Waals surface area contributed by atoms with Gasteiger partial charge in [0.25, 0.3) is 0 Å². The Bertz CT molecular complexity index is 2880. The molecule has 0 fully saturated rings. The number of fused-ring (bicyclic) bond motifs is 7. The first kappa shape index (κ1) is 28.4. The largest absolute Gasteiger partial charge is 0.455 e. The Hall–Kier alpha value is -6.64. The number of para-hydroxylation sites is 3. The molecule has 0 N–H and O–H groups in total. The fraction of sp³-hybridized carbons (Fsp3) is 0. The van der Waals surface area contributed by atoms with E-state index in [2.05, 4.69) is 193 Å². The van der Waals surface area contributed by atoms with Gasteiger partial charge in [-0.05, 0) is 62.8 Å². The highest BCUT2D eigenvalue weighted by Crippen LogP contribution is 2.49. The van der Waals surface area contributed by atoms with Crippen LogP contribution < -0.4 is 4.90 Å². The zero-order valence-corrected chi connectivity index (χ0v) is 27.3. The SMILES string of the molecule is c1ccc(-c2ccccc2N(c2ccccc2-c2cccc3c2oc2cc4ccccc4cc23)c2cc3ccccc3c3ccccc23)cc1. The number of rotatable bonds is 5. The van der Waals surface area contributed by atoms with Crippen LogP contribution in [0.2, 0.25) is 0 Å². The Labute approximate surface area is 290 Å². The molecule has 0 saturated carbocycles. The van der Waals surface area contributed by atoms with Gasteiger partial charge >= 0.3 is 0 Å². The number of furan rings is 1. The summed E-state index contributed by atoms with van der Waals surface area (Å²) in [7, 11) is 0.